The molecule has 0 aliphatic heterocycles. The van der Waals surface area contributed by atoms with Crippen LogP contribution in [0.15, 0.2) is 41.4 Å². The Bertz CT molecular complexity index is 821. The summed E-state index contributed by atoms with van der Waals surface area (Å²) in [6.45, 7) is 8.07. The molecule has 2 rings (SSSR count). The summed E-state index contributed by atoms with van der Waals surface area (Å²) in [6.07, 6.45) is 0.969. The summed E-state index contributed by atoms with van der Waals surface area (Å²) in [6, 6.07) is 12.5. The topological polar surface area (TPSA) is 68.8 Å². The highest BCUT2D eigenvalue weighted by molar-refractivity contribution is 14.0. The van der Waals surface area contributed by atoms with Crippen LogP contribution < -0.4 is 16.0 Å². The number of nitrogens with zero attached hydrogens (tertiary/aromatic N) is 2. The number of guanidine groups is 1. The van der Waals surface area contributed by atoms with Gasteiger partial charge in [-0.25, -0.2) is 4.99 Å². The van der Waals surface area contributed by atoms with Crippen LogP contribution in [0.3, 0.4) is 0 Å². The molecule has 0 bridgehead atoms. The van der Waals surface area contributed by atoms with E-state index in [1.165, 1.54) is 9.75 Å². The van der Waals surface area contributed by atoms with E-state index in [1.807, 2.05) is 54.6 Å². The predicted molar refractivity (Wildman–Crippen MR) is 139 cm³/mol. The number of hydrogen-bond donors (Lipinski definition) is 3. The number of carbonyl (C=O) groups excluding carboxylic acids is 1. The normalized spacial score (nSPS) is 12.3. The summed E-state index contributed by atoms with van der Waals surface area (Å²) in [4.78, 5) is 21.2. The number of likely N-dealkylation sites (N-methyl/N-ethyl adjacent to an activating group) is 1. The number of amides is 1. The number of nitrogens with one attached hydrogen (secondary N) is 3. The molecule has 2 aromatic rings. The van der Waals surface area contributed by atoms with Gasteiger partial charge in [-0.15, -0.1) is 35.3 Å². The molecule has 1 atom stereocenters. The lowest BCUT2D eigenvalue weighted by molar-refractivity contribution is -0.116. The monoisotopic (exact) mass is 543 g/mol. The van der Waals surface area contributed by atoms with E-state index in [-0.39, 0.29) is 35.9 Å². The van der Waals surface area contributed by atoms with Crippen molar-refractivity contribution in [3.05, 3.63) is 51.7 Å². The van der Waals surface area contributed by atoms with Crippen molar-refractivity contribution >= 4 is 52.9 Å². The molecule has 30 heavy (non-hydrogen) atoms. The number of anilines is 1. The van der Waals surface area contributed by atoms with Crippen molar-refractivity contribution in [2.75, 3.05) is 32.5 Å². The van der Waals surface area contributed by atoms with Gasteiger partial charge in [0.15, 0.2) is 5.96 Å². The molecule has 1 heterocycles. The fourth-order valence-corrected chi connectivity index (χ4v) is 3.93. The van der Waals surface area contributed by atoms with Crippen LogP contribution in [0.4, 0.5) is 5.69 Å². The Balaban J connectivity index is 0.00000450. The van der Waals surface area contributed by atoms with E-state index in [1.54, 1.807) is 0 Å². The lowest BCUT2D eigenvalue weighted by atomic mass is 10.2. The Labute approximate surface area is 201 Å². The molecule has 1 aromatic carbocycles. The van der Waals surface area contributed by atoms with Gasteiger partial charge in [0.2, 0.25) is 5.91 Å². The number of benzene rings is 1. The molecule has 1 amide bonds. The van der Waals surface area contributed by atoms with Crippen molar-refractivity contribution in [2.24, 2.45) is 4.99 Å². The average Bonchev–Trinajstić information content (AvgIpc) is 3.04. The third-order valence-corrected chi connectivity index (χ3v) is 5.14. The second kappa shape index (κ2) is 13.6. The number of carbonyl (C=O) groups is 1. The number of halogens is 1. The standard InChI is InChI=1S/C22H33N5OS.HI/c1-6-23-22(25-16(2)12-20-11-10-17(3)29-20)24-14-18-8-7-9-19(13-18)26-21(28)15-27(4)5;/h7-11,13,16H,6,12,14-15H2,1-5H3,(H,26,28)(H2,23,24,25);1H. The molecule has 3 N–H and O–H groups in total. The fourth-order valence-electron chi connectivity index (χ4n) is 2.91. The fraction of sp³-hybridized carbons (Fsp3) is 0.455. The minimum absolute atomic E-state index is 0. The first-order chi connectivity index (χ1) is 13.9. The Morgan fingerprint density at radius 3 is 2.63 bits per heavy atom. The zero-order chi connectivity index (χ0) is 21.2. The minimum Gasteiger partial charge on any atom is -0.357 e. The maximum atomic E-state index is 12.0. The highest BCUT2D eigenvalue weighted by Crippen LogP contribution is 2.16. The van der Waals surface area contributed by atoms with Crippen LogP contribution in [-0.2, 0) is 17.8 Å². The first kappa shape index (κ1) is 26.4. The van der Waals surface area contributed by atoms with Crippen molar-refractivity contribution in [2.45, 2.75) is 39.8 Å². The molecule has 0 aliphatic carbocycles. The molecular weight excluding hydrogens is 509 g/mol. The van der Waals surface area contributed by atoms with E-state index in [9.17, 15) is 4.79 Å². The largest absolute Gasteiger partial charge is 0.357 e. The Morgan fingerprint density at radius 2 is 2.00 bits per heavy atom. The predicted octanol–water partition coefficient (Wildman–Crippen LogP) is 3.86. The summed E-state index contributed by atoms with van der Waals surface area (Å²) in [5, 5.41) is 9.72. The van der Waals surface area contributed by atoms with Crippen LogP contribution >= 0.6 is 35.3 Å². The highest BCUT2D eigenvalue weighted by atomic mass is 127. The molecule has 1 aromatic heterocycles. The first-order valence-corrected chi connectivity index (χ1v) is 10.8. The summed E-state index contributed by atoms with van der Waals surface area (Å²) in [5.74, 6) is 0.776. The Morgan fingerprint density at radius 1 is 1.23 bits per heavy atom. The van der Waals surface area contributed by atoms with E-state index in [2.05, 4.69) is 48.9 Å². The molecule has 0 saturated carbocycles. The number of aliphatic imine (C=N–C) groups is 1. The van der Waals surface area contributed by atoms with Crippen molar-refractivity contribution in [1.82, 2.24) is 15.5 Å². The van der Waals surface area contributed by atoms with Gasteiger partial charge in [-0.3, -0.25) is 4.79 Å². The van der Waals surface area contributed by atoms with E-state index >= 15 is 0 Å². The average molecular weight is 544 g/mol. The third-order valence-electron chi connectivity index (χ3n) is 4.12. The quantitative estimate of drug-likeness (QED) is 0.255. The lowest BCUT2D eigenvalue weighted by Crippen LogP contribution is -2.43. The SMILES string of the molecule is CCNC(=NCc1cccc(NC(=O)CN(C)C)c1)NC(C)Cc1ccc(C)s1.I. The lowest BCUT2D eigenvalue weighted by Gasteiger charge is -2.17. The van der Waals surface area contributed by atoms with Gasteiger partial charge in [-0.05, 0) is 64.7 Å². The molecule has 6 nitrogen and oxygen atoms in total. The zero-order valence-corrected chi connectivity index (χ0v) is 21.6. The summed E-state index contributed by atoms with van der Waals surface area (Å²) < 4.78 is 0. The van der Waals surface area contributed by atoms with Gasteiger partial charge in [0.05, 0.1) is 13.1 Å². The number of rotatable bonds is 9. The maximum absolute atomic E-state index is 12.0. The smallest absolute Gasteiger partial charge is 0.238 e. The number of thiophene rings is 1. The number of aryl methyl sites for hydroxylation is 1. The Hall–Kier alpha value is -1.65. The van der Waals surface area contributed by atoms with Gasteiger partial charge in [-0.1, -0.05) is 12.1 Å². The van der Waals surface area contributed by atoms with Crippen molar-refractivity contribution in [1.29, 1.82) is 0 Å². The molecule has 8 heteroatoms. The van der Waals surface area contributed by atoms with Crippen LogP contribution in [0.25, 0.3) is 0 Å². The summed E-state index contributed by atoms with van der Waals surface area (Å²) in [5.41, 5.74) is 1.84. The third kappa shape index (κ3) is 9.90. The zero-order valence-electron chi connectivity index (χ0n) is 18.5. The van der Waals surface area contributed by atoms with Gasteiger partial charge in [0.25, 0.3) is 0 Å². The van der Waals surface area contributed by atoms with Crippen LogP contribution in [0.2, 0.25) is 0 Å². The van der Waals surface area contributed by atoms with E-state index in [4.69, 9.17) is 4.99 Å². The second-order valence-corrected chi connectivity index (χ2v) is 8.82. The van der Waals surface area contributed by atoms with E-state index in [0.29, 0.717) is 13.1 Å². The second-order valence-electron chi connectivity index (χ2n) is 7.44. The molecule has 0 saturated heterocycles. The van der Waals surface area contributed by atoms with Crippen molar-refractivity contribution < 1.29 is 4.79 Å². The number of hydrogen-bond acceptors (Lipinski definition) is 4. The molecule has 0 spiro atoms. The molecular formula is C22H34IN5OS. The van der Waals surface area contributed by atoms with E-state index in [0.717, 1.165) is 30.2 Å². The van der Waals surface area contributed by atoms with E-state index < -0.39 is 0 Å². The summed E-state index contributed by atoms with van der Waals surface area (Å²) in [7, 11) is 3.75. The molecule has 0 aliphatic rings. The molecule has 0 fully saturated rings. The van der Waals surface area contributed by atoms with Crippen LogP contribution in [0.1, 0.15) is 29.2 Å². The van der Waals surface area contributed by atoms with Gasteiger partial charge in [-0.2, -0.15) is 0 Å². The van der Waals surface area contributed by atoms with Gasteiger partial charge >= 0.3 is 0 Å². The minimum atomic E-state index is -0.0247. The van der Waals surface area contributed by atoms with Gasteiger partial charge < -0.3 is 20.9 Å². The van der Waals surface area contributed by atoms with Crippen LogP contribution in [0, 0.1) is 6.92 Å². The maximum Gasteiger partial charge on any atom is 0.238 e. The van der Waals surface area contributed by atoms with Crippen molar-refractivity contribution in [3.8, 4) is 0 Å². The molecule has 0 radical (unpaired) electrons. The van der Waals surface area contributed by atoms with Crippen LogP contribution in [0.5, 0.6) is 0 Å². The Kier molecular flexibility index (Phi) is 12.0. The van der Waals surface area contributed by atoms with Gasteiger partial charge in [0.1, 0.15) is 0 Å². The highest BCUT2D eigenvalue weighted by Gasteiger charge is 2.08. The summed E-state index contributed by atoms with van der Waals surface area (Å²) >= 11 is 1.84. The molecule has 166 valence electrons. The van der Waals surface area contributed by atoms with Gasteiger partial charge in [0, 0.05) is 34.4 Å². The molecule has 1 unspecified atom stereocenters. The van der Waals surface area contributed by atoms with Crippen LogP contribution in [-0.4, -0.2) is 50.0 Å². The van der Waals surface area contributed by atoms with Crippen molar-refractivity contribution in [3.63, 3.8) is 0 Å². The first-order valence-electron chi connectivity index (χ1n) is 9.99.